The fraction of sp³-hybridized carbons (Fsp3) is 0.296. The van der Waals surface area contributed by atoms with Gasteiger partial charge in [0.15, 0.2) is 0 Å². The van der Waals surface area contributed by atoms with Gasteiger partial charge in [-0.3, -0.25) is 0 Å². The van der Waals surface area contributed by atoms with E-state index in [9.17, 15) is 23.1 Å². The Morgan fingerprint density at radius 3 is 2.29 bits per heavy atom. The average Bonchev–Trinajstić information content (AvgIpc) is 2.83. The molecule has 1 unspecified atom stereocenters. The molecule has 2 amide bonds. The van der Waals surface area contributed by atoms with Crippen LogP contribution in [0.5, 0.6) is 0 Å². The van der Waals surface area contributed by atoms with Crippen LogP contribution in [0.4, 0.5) is 18.0 Å². The van der Waals surface area contributed by atoms with Gasteiger partial charge in [0.1, 0.15) is 17.5 Å². The molecule has 0 saturated carbocycles. The van der Waals surface area contributed by atoms with Gasteiger partial charge in [0.05, 0.1) is 11.6 Å². The van der Waals surface area contributed by atoms with E-state index < -0.39 is 17.2 Å². The Morgan fingerprint density at radius 2 is 1.68 bits per heavy atom. The lowest BCUT2D eigenvalue weighted by molar-refractivity contribution is 0.117. The number of urea groups is 1. The molecule has 1 aliphatic heterocycles. The summed E-state index contributed by atoms with van der Waals surface area (Å²) >= 11 is 0. The standard InChI is InChI=1S/C27H27F3N2O2/c1-18(19-3-5-20(6-4-19)24-12-11-23(29)17-25(24)30)32-15-14-27(13-2-16-33,31-26(32)34)21-7-9-22(28)10-8-21/h3-12,17-18,33H,2,13-16H2,1H3,(H,31,34)/t18-,27?/m0/s1. The Bertz CT molecular complexity index is 1150. The predicted octanol–water partition coefficient (Wildman–Crippen LogP) is 5.92. The molecule has 7 heteroatoms. The first-order chi connectivity index (χ1) is 16.3. The minimum absolute atomic E-state index is 0.0000687. The van der Waals surface area contributed by atoms with Crippen LogP contribution in [0.1, 0.15) is 43.4 Å². The van der Waals surface area contributed by atoms with Gasteiger partial charge in [-0.2, -0.15) is 0 Å². The highest BCUT2D eigenvalue weighted by atomic mass is 19.1. The number of hydrogen-bond acceptors (Lipinski definition) is 2. The zero-order valence-electron chi connectivity index (χ0n) is 18.9. The van der Waals surface area contributed by atoms with E-state index in [1.165, 1.54) is 24.3 Å². The summed E-state index contributed by atoms with van der Waals surface area (Å²) in [6.07, 6.45) is 1.66. The Hall–Kier alpha value is -3.32. The van der Waals surface area contributed by atoms with Gasteiger partial charge in [0.2, 0.25) is 0 Å². The molecule has 4 rings (SSSR count). The third-order valence-corrected chi connectivity index (χ3v) is 6.65. The summed E-state index contributed by atoms with van der Waals surface area (Å²) < 4.78 is 40.8. The molecule has 0 aliphatic carbocycles. The molecule has 1 aliphatic rings. The van der Waals surface area contributed by atoms with E-state index in [1.54, 1.807) is 29.2 Å². The van der Waals surface area contributed by atoms with Crippen LogP contribution in [0, 0.1) is 17.5 Å². The lowest BCUT2D eigenvalue weighted by Gasteiger charge is -2.45. The van der Waals surface area contributed by atoms with Crippen LogP contribution in [-0.2, 0) is 5.54 Å². The normalized spacial score (nSPS) is 19.1. The lowest BCUT2D eigenvalue weighted by atomic mass is 9.81. The molecule has 3 aromatic carbocycles. The molecule has 0 spiro atoms. The summed E-state index contributed by atoms with van der Waals surface area (Å²) in [5, 5.41) is 12.5. The van der Waals surface area contributed by atoms with Crippen molar-refractivity contribution in [3.05, 3.63) is 95.3 Å². The van der Waals surface area contributed by atoms with Gasteiger partial charge >= 0.3 is 6.03 Å². The maximum atomic E-state index is 14.1. The maximum Gasteiger partial charge on any atom is 0.318 e. The largest absolute Gasteiger partial charge is 0.396 e. The number of nitrogens with one attached hydrogen (secondary N) is 1. The molecule has 0 aromatic heterocycles. The Morgan fingerprint density at radius 1 is 1.00 bits per heavy atom. The number of carbonyl (C=O) groups excluding carboxylic acids is 1. The molecule has 2 N–H and O–H groups in total. The SMILES string of the molecule is C[C@@H](c1ccc(-c2ccc(F)cc2F)cc1)N1CCC(CCCO)(c2ccc(F)cc2)NC1=O. The van der Waals surface area contributed by atoms with Gasteiger partial charge in [-0.15, -0.1) is 0 Å². The van der Waals surface area contributed by atoms with E-state index in [0.717, 1.165) is 17.2 Å². The molecule has 34 heavy (non-hydrogen) atoms. The first kappa shape index (κ1) is 23.8. The second kappa shape index (κ2) is 9.89. The number of hydrogen-bond donors (Lipinski definition) is 2. The van der Waals surface area contributed by atoms with Crippen molar-refractivity contribution < 1.29 is 23.1 Å². The number of benzene rings is 3. The van der Waals surface area contributed by atoms with E-state index in [0.29, 0.717) is 36.9 Å². The summed E-state index contributed by atoms with van der Waals surface area (Å²) in [6.45, 7) is 2.40. The van der Waals surface area contributed by atoms with Crippen LogP contribution < -0.4 is 5.32 Å². The van der Waals surface area contributed by atoms with Crippen molar-refractivity contribution in [2.75, 3.05) is 13.2 Å². The van der Waals surface area contributed by atoms with E-state index in [2.05, 4.69) is 5.32 Å². The molecule has 2 atom stereocenters. The number of aliphatic hydroxyl groups is 1. The van der Waals surface area contributed by atoms with Crippen molar-refractivity contribution in [2.24, 2.45) is 0 Å². The van der Waals surface area contributed by atoms with Crippen molar-refractivity contribution in [3.63, 3.8) is 0 Å². The molecule has 0 bridgehead atoms. The summed E-state index contributed by atoms with van der Waals surface area (Å²) in [6, 6.07) is 16.3. The smallest absolute Gasteiger partial charge is 0.318 e. The molecular weight excluding hydrogens is 441 g/mol. The maximum absolute atomic E-state index is 14.1. The second-order valence-corrected chi connectivity index (χ2v) is 8.71. The van der Waals surface area contributed by atoms with Gasteiger partial charge < -0.3 is 15.3 Å². The van der Waals surface area contributed by atoms with Crippen molar-refractivity contribution in [3.8, 4) is 11.1 Å². The number of nitrogens with zero attached hydrogens (tertiary/aromatic N) is 1. The molecule has 1 saturated heterocycles. The number of aliphatic hydroxyl groups excluding tert-OH is 1. The van der Waals surface area contributed by atoms with Crippen LogP contribution in [0.2, 0.25) is 0 Å². The monoisotopic (exact) mass is 468 g/mol. The van der Waals surface area contributed by atoms with Gasteiger partial charge in [0, 0.05) is 24.8 Å². The third kappa shape index (κ3) is 4.80. The van der Waals surface area contributed by atoms with Gasteiger partial charge in [-0.25, -0.2) is 18.0 Å². The van der Waals surface area contributed by atoms with Crippen LogP contribution in [0.15, 0.2) is 66.7 Å². The Balaban J connectivity index is 1.52. The number of carbonyl (C=O) groups is 1. The van der Waals surface area contributed by atoms with Gasteiger partial charge in [-0.1, -0.05) is 36.4 Å². The third-order valence-electron chi connectivity index (χ3n) is 6.65. The quantitative estimate of drug-likeness (QED) is 0.453. The molecule has 1 heterocycles. The summed E-state index contributed by atoms with van der Waals surface area (Å²) in [5.74, 6) is -1.60. The fourth-order valence-electron chi connectivity index (χ4n) is 4.66. The molecular formula is C27H27F3N2O2. The second-order valence-electron chi connectivity index (χ2n) is 8.71. The fourth-order valence-corrected chi connectivity index (χ4v) is 4.66. The summed E-state index contributed by atoms with van der Waals surface area (Å²) in [5.41, 5.74) is 1.95. The van der Waals surface area contributed by atoms with Gasteiger partial charge in [-0.05, 0) is 67.1 Å². The van der Waals surface area contributed by atoms with Crippen LogP contribution >= 0.6 is 0 Å². The lowest BCUT2D eigenvalue weighted by Crippen LogP contribution is -2.58. The van der Waals surface area contributed by atoms with E-state index in [4.69, 9.17) is 0 Å². The minimum atomic E-state index is -0.673. The van der Waals surface area contributed by atoms with Crippen molar-refractivity contribution in [1.29, 1.82) is 0 Å². The van der Waals surface area contributed by atoms with Crippen molar-refractivity contribution in [2.45, 2.75) is 37.8 Å². The van der Waals surface area contributed by atoms with E-state index in [1.807, 2.05) is 19.1 Å². The first-order valence-corrected chi connectivity index (χ1v) is 11.3. The minimum Gasteiger partial charge on any atom is -0.396 e. The topological polar surface area (TPSA) is 52.6 Å². The molecule has 3 aromatic rings. The molecule has 0 radical (unpaired) electrons. The van der Waals surface area contributed by atoms with E-state index >= 15 is 0 Å². The number of amides is 2. The van der Waals surface area contributed by atoms with Crippen molar-refractivity contribution >= 4 is 6.03 Å². The Labute approximate surface area is 197 Å². The summed E-state index contributed by atoms with van der Waals surface area (Å²) in [4.78, 5) is 14.9. The van der Waals surface area contributed by atoms with Crippen LogP contribution in [-0.4, -0.2) is 29.2 Å². The summed E-state index contributed by atoms with van der Waals surface area (Å²) in [7, 11) is 0. The zero-order chi connectivity index (χ0) is 24.3. The number of rotatable bonds is 7. The van der Waals surface area contributed by atoms with Gasteiger partial charge in [0.25, 0.3) is 0 Å². The van der Waals surface area contributed by atoms with E-state index in [-0.39, 0.29) is 24.5 Å². The molecule has 1 fully saturated rings. The highest BCUT2D eigenvalue weighted by Crippen LogP contribution is 2.36. The highest BCUT2D eigenvalue weighted by molar-refractivity contribution is 5.77. The average molecular weight is 469 g/mol. The zero-order valence-corrected chi connectivity index (χ0v) is 18.9. The van der Waals surface area contributed by atoms with Crippen LogP contribution in [0.25, 0.3) is 11.1 Å². The van der Waals surface area contributed by atoms with Crippen molar-refractivity contribution in [1.82, 2.24) is 10.2 Å². The number of halogens is 3. The predicted molar refractivity (Wildman–Crippen MR) is 124 cm³/mol. The molecule has 178 valence electrons. The Kier molecular flexibility index (Phi) is 6.93. The highest BCUT2D eigenvalue weighted by Gasteiger charge is 2.40. The first-order valence-electron chi connectivity index (χ1n) is 11.3. The van der Waals surface area contributed by atoms with Crippen LogP contribution in [0.3, 0.4) is 0 Å². The molecule has 4 nitrogen and oxygen atoms in total.